The molecular formula is C12H19N. The van der Waals surface area contributed by atoms with Crippen molar-refractivity contribution in [2.45, 2.75) is 33.1 Å². The molecule has 0 saturated heterocycles. The minimum Gasteiger partial charge on any atom is -0.330 e. The van der Waals surface area contributed by atoms with Crippen molar-refractivity contribution < 1.29 is 0 Å². The Morgan fingerprint density at radius 2 is 1.92 bits per heavy atom. The van der Waals surface area contributed by atoms with Crippen molar-refractivity contribution in [3.05, 3.63) is 34.9 Å². The zero-order valence-electron chi connectivity index (χ0n) is 8.80. The molecule has 1 rings (SSSR count). The lowest BCUT2D eigenvalue weighted by molar-refractivity contribution is 0.689. The fourth-order valence-corrected chi connectivity index (χ4v) is 1.49. The van der Waals surface area contributed by atoms with E-state index in [9.17, 15) is 0 Å². The molecule has 0 spiro atoms. The van der Waals surface area contributed by atoms with Crippen LogP contribution in [0.5, 0.6) is 0 Å². The normalized spacial score (nSPS) is 12.9. The molecule has 0 saturated carbocycles. The first-order chi connectivity index (χ1) is 6.15. The number of aryl methyl sites for hydroxylation is 2. The molecule has 1 nitrogen and oxygen atoms in total. The Kier molecular flexibility index (Phi) is 3.49. The van der Waals surface area contributed by atoms with Gasteiger partial charge in [0.05, 0.1) is 0 Å². The van der Waals surface area contributed by atoms with E-state index in [4.69, 9.17) is 5.73 Å². The summed E-state index contributed by atoms with van der Waals surface area (Å²) in [5.74, 6) is 0.587. The monoisotopic (exact) mass is 177 g/mol. The molecule has 0 aliphatic carbocycles. The summed E-state index contributed by atoms with van der Waals surface area (Å²) >= 11 is 0. The van der Waals surface area contributed by atoms with Gasteiger partial charge in [0.25, 0.3) is 0 Å². The zero-order valence-corrected chi connectivity index (χ0v) is 8.80. The molecule has 0 bridgehead atoms. The van der Waals surface area contributed by atoms with E-state index in [1.165, 1.54) is 16.7 Å². The van der Waals surface area contributed by atoms with Crippen LogP contribution in [0.25, 0.3) is 0 Å². The van der Waals surface area contributed by atoms with Crippen molar-refractivity contribution in [2.75, 3.05) is 6.54 Å². The molecule has 0 fully saturated rings. The van der Waals surface area contributed by atoms with Gasteiger partial charge in [-0.25, -0.2) is 0 Å². The molecule has 0 radical (unpaired) electrons. The summed E-state index contributed by atoms with van der Waals surface area (Å²) in [5, 5.41) is 0. The first kappa shape index (κ1) is 10.3. The molecular weight excluding hydrogens is 158 g/mol. The van der Waals surface area contributed by atoms with E-state index in [2.05, 4.69) is 39.0 Å². The first-order valence-corrected chi connectivity index (χ1v) is 4.92. The van der Waals surface area contributed by atoms with Crippen molar-refractivity contribution in [1.82, 2.24) is 0 Å². The van der Waals surface area contributed by atoms with Gasteiger partial charge in [-0.2, -0.15) is 0 Å². The lowest BCUT2D eigenvalue weighted by Crippen LogP contribution is -2.04. The zero-order chi connectivity index (χ0) is 9.84. The van der Waals surface area contributed by atoms with E-state index in [-0.39, 0.29) is 0 Å². The largest absolute Gasteiger partial charge is 0.330 e. The van der Waals surface area contributed by atoms with Gasteiger partial charge in [-0.05, 0) is 49.4 Å². The van der Waals surface area contributed by atoms with E-state index in [1.54, 1.807) is 0 Å². The average molecular weight is 177 g/mol. The highest BCUT2D eigenvalue weighted by atomic mass is 14.5. The van der Waals surface area contributed by atoms with E-state index in [0.29, 0.717) is 5.92 Å². The van der Waals surface area contributed by atoms with Gasteiger partial charge in [0, 0.05) is 0 Å². The smallest absolute Gasteiger partial charge is 0.00715 e. The van der Waals surface area contributed by atoms with Crippen LogP contribution in [0, 0.1) is 13.8 Å². The van der Waals surface area contributed by atoms with Crippen LogP contribution in [-0.2, 0) is 0 Å². The van der Waals surface area contributed by atoms with Crippen molar-refractivity contribution in [2.24, 2.45) is 5.73 Å². The molecule has 0 aliphatic heterocycles. The summed E-state index contributed by atoms with van der Waals surface area (Å²) < 4.78 is 0. The highest BCUT2D eigenvalue weighted by Crippen LogP contribution is 2.20. The van der Waals surface area contributed by atoms with E-state index in [0.717, 1.165) is 13.0 Å². The van der Waals surface area contributed by atoms with E-state index in [1.807, 2.05) is 0 Å². The quantitative estimate of drug-likeness (QED) is 0.755. The van der Waals surface area contributed by atoms with E-state index >= 15 is 0 Å². The Morgan fingerprint density at radius 3 is 2.46 bits per heavy atom. The first-order valence-electron chi connectivity index (χ1n) is 4.92. The van der Waals surface area contributed by atoms with Gasteiger partial charge >= 0.3 is 0 Å². The second-order valence-electron chi connectivity index (χ2n) is 3.82. The third kappa shape index (κ3) is 2.56. The van der Waals surface area contributed by atoms with Crippen molar-refractivity contribution in [1.29, 1.82) is 0 Å². The number of nitrogens with two attached hydrogens (primary N) is 1. The summed E-state index contributed by atoms with van der Waals surface area (Å²) in [6, 6.07) is 6.68. The summed E-state index contributed by atoms with van der Waals surface area (Å²) in [4.78, 5) is 0. The molecule has 0 aromatic heterocycles. The molecule has 0 aliphatic rings. The molecule has 2 N–H and O–H groups in total. The van der Waals surface area contributed by atoms with Gasteiger partial charge in [0.1, 0.15) is 0 Å². The van der Waals surface area contributed by atoms with Crippen LogP contribution in [0.2, 0.25) is 0 Å². The fourth-order valence-electron chi connectivity index (χ4n) is 1.49. The van der Waals surface area contributed by atoms with Crippen LogP contribution in [0.3, 0.4) is 0 Å². The third-order valence-corrected chi connectivity index (χ3v) is 2.70. The Bertz CT molecular complexity index is 278. The van der Waals surface area contributed by atoms with Crippen molar-refractivity contribution >= 4 is 0 Å². The third-order valence-electron chi connectivity index (χ3n) is 2.70. The maximum atomic E-state index is 5.53. The summed E-state index contributed by atoms with van der Waals surface area (Å²) in [6.07, 6.45) is 1.07. The molecule has 1 unspecified atom stereocenters. The Balaban J connectivity index is 2.84. The second kappa shape index (κ2) is 4.43. The Hall–Kier alpha value is -0.820. The number of rotatable bonds is 3. The van der Waals surface area contributed by atoms with Crippen LogP contribution >= 0.6 is 0 Å². The average Bonchev–Trinajstić information content (AvgIpc) is 2.10. The molecule has 0 amide bonds. The molecule has 72 valence electrons. The minimum absolute atomic E-state index is 0.587. The SMILES string of the molecule is Cc1ccc(C(C)CCN)cc1C. The van der Waals surface area contributed by atoms with Crippen LogP contribution in [-0.4, -0.2) is 6.54 Å². The van der Waals surface area contributed by atoms with Crippen LogP contribution in [0.15, 0.2) is 18.2 Å². The predicted octanol–water partition coefficient (Wildman–Crippen LogP) is 2.76. The Labute approximate surface area is 81.0 Å². The topological polar surface area (TPSA) is 26.0 Å². The van der Waals surface area contributed by atoms with Gasteiger partial charge in [0.15, 0.2) is 0 Å². The van der Waals surface area contributed by atoms with Crippen LogP contribution in [0.1, 0.15) is 36.0 Å². The summed E-state index contributed by atoms with van der Waals surface area (Å²) in [6.45, 7) is 7.31. The molecule has 1 atom stereocenters. The van der Waals surface area contributed by atoms with Gasteiger partial charge < -0.3 is 5.73 Å². The van der Waals surface area contributed by atoms with Gasteiger partial charge in [0.2, 0.25) is 0 Å². The van der Waals surface area contributed by atoms with Crippen LogP contribution in [0.4, 0.5) is 0 Å². The van der Waals surface area contributed by atoms with Gasteiger partial charge in [-0.1, -0.05) is 25.1 Å². The standard InChI is InChI=1S/C12H19N/c1-9-4-5-12(8-11(9)3)10(2)6-7-13/h4-5,8,10H,6-7,13H2,1-3H3. The maximum absolute atomic E-state index is 5.53. The molecule has 1 aromatic carbocycles. The number of benzene rings is 1. The molecule has 1 heteroatoms. The second-order valence-corrected chi connectivity index (χ2v) is 3.82. The lowest BCUT2D eigenvalue weighted by Gasteiger charge is -2.12. The predicted molar refractivity (Wildman–Crippen MR) is 58.0 cm³/mol. The lowest BCUT2D eigenvalue weighted by atomic mass is 9.95. The maximum Gasteiger partial charge on any atom is -0.00715 e. The van der Waals surface area contributed by atoms with E-state index < -0.39 is 0 Å². The molecule has 13 heavy (non-hydrogen) atoms. The van der Waals surface area contributed by atoms with Crippen molar-refractivity contribution in [3.63, 3.8) is 0 Å². The molecule has 1 aromatic rings. The highest BCUT2D eigenvalue weighted by molar-refractivity contribution is 5.31. The Morgan fingerprint density at radius 1 is 1.23 bits per heavy atom. The van der Waals surface area contributed by atoms with Gasteiger partial charge in [-0.3, -0.25) is 0 Å². The van der Waals surface area contributed by atoms with Gasteiger partial charge in [-0.15, -0.1) is 0 Å². The number of hydrogen-bond acceptors (Lipinski definition) is 1. The summed E-state index contributed by atoms with van der Waals surface area (Å²) in [5.41, 5.74) is 9.69. The van der Waals surface area contributed by atoms with Crippen molar-refractivity contribution in [3.8, 4) is 0 Å². The number of hydrogen-bond donors (Lipinski definition) is 1. The minimum atomic E-state index is 0.587. The molecule has 0 heterocycles. The van der Waals surface area contributed by atoms with Crippen LogP contribution < -0.4 is 5.73 Å². The fraction of sp³-hybridized carbons (Fsp3) is 0.500. The summed E-state index contributed by atoms with van der Waals surface area (Å²) in [7, 11) is 0. The highest BCUT2D eigenvalue weighted by Gasteiger charge is 2.04.